The SMILES string of the molecule is CC(C)(C)c1ccc(OC=N)cc1. The summed E-state index contributed by atoms with van der Waals surface area (Å²) in [7, 11) is 0. The molecule has 1 aromatic rings. The van der Waals surface area contributed by atoms with Crippen molar-refractivity contribution in [1.29, 1.82) is 5.41 Å². The molecule has 0 saturated carbocycles. The maximum atomic E-state index is 6.77. The Bertz CT molecular complexity index is 282. The number of hydrogen-bond donors (Lipinski definition) is 1. The van der Waals surface area contributed by atoms with E-state index in [4.69, 9.17) is 10.1 Å². The lowest BCUT2D eigenvalue weighted by atomic mass is 9.87. The molecule has 0 fully saturated rings. The molecule has 70 valence electrons. The van der Waals surface area contributed by atoms with Crippen molar-refractivity contribution < 1.29 is 4.74 Å². The van der Waals surface area contributed by atoms with Crippen LogP contribution in [0.15, 0.2) is 24.3 Å². The molecule has 0 unspecified atom stereocenters. The molecule has 0 bridgehead atoms. The van der Waals surface area contributed by atoms with Crippen LogP contribution < -0.4 is 4.74 Å². The van der Waals surface area contributed by atoms with Gasteiger partial charge in [0.15, 0.2) is 6.40 Å². The van der Waals surface area contributed by atoms with Crippen molar-refractivity contribution in [3.05, 3.63) is 29.8 Å². The van der Waals surface area contributed by atoms with E-state index in [-0.39, 0.29) is 5.41 Å². The zero-order valence-corrected chi connectivity index (χ0v) is 8.29. The van der Waals surface area contributed by atoms with E-state index in [0.29, 0.717) is 5.75 Å². The maximum Gasteiger partial charge on any atom is 0.173 e. The minimum atomic E-state index is 0.170. The number of hydrogen-bond acceptors (Lipinski definition) is 2. The van der Waals surface area contributed by atoms with E-state index in [2.05, 4.69) is 20.8 Å². The van der Waals surface area contributed by atoms with Gasteiger partial charge >= 0.3 is 0 Å². The highest BCUT2D eigenvalue weighted by atomic mass is 16.5. The van der Waals surface area contributed by atoms with Gasteiger partial charge in [-0.05, 0) is 23.1 Å². The van der Waals surface area contributed by atoms with E-state index in [1.165, 1.54) is 5.56 Å². The smallest absolute Gasteiger partial charge is 0.173 e. The Morgan fingerprint density at radius 1 is 1.15 bits per heavy atom. The van der Waals surface area contributed by atoms with Crippen LogP contribution in [0.5, 0.6) is 5.75 Å². The molecule has 0 aliphatic heterocycles. The van der Waals surface area contributed by atoms with Crippen molar-refractivity contribution >= 4 is 6.40 Å². The molecule has 2 nitrogen and oxygen atoms in total. The summed E-state index contributed by atoms with van der Waals surface area (Å²) in [5, 5.41) is 6.77. The van der Waals surface area contributed by atoms with Crippen molar-refractivity contribution in [1.82, 2.24) is 0 Å². The average molecular weight is 177 g/mol. The van der Waals surface area contributed by atoms with E-state index in [9.17, 15) is 0 Å². The molecule has 0 spiro atoms. The van der Waals surface area contributed by atoms with E-state index in [1.54, 1.807) is 0 Å². The Labute approximate surface area is 79.1 Å². The lowest BCUT2D eigenvalue weighted by Gasteiger charge is -2.18. The second-order valence-electron chi connectivity index (χ2n) is 4.01. The quantitative estimate of drug-likeness (QED) is 0.546. The van der Waals surface area contributed by atoms with Crippen molar-refractivity contribution in [2.24, 2.45) is 0 Å². The van der Waals surface area contributed by atoms with Crippen molar-refractivity contribution in [3.8, 4) is 5.75 Å². The predicted octanol–water partition coefficient (Wildman–Crippen LogP) is 2.97. The minimum Gasteiger partial charge on any atom is -0.446 e. The standard InChI is InChI=1S/C11H15NO/c1-11(2,3)9-4-6-10(7-5-9)13-8-12/h4-8,12H,1-3H3. The first kappa shape index (κ1) is 9.78. The molecule has 1 rings (SSSR count). The number of ether oxygens (including phenoxy) is 1. The molecule has 0 amide bonds. The largest absolute Gasteiger partial charge is 0.446 e. The summed E-state index contributed by atoms with van der Waals surface area (Å²) < 4.78 is 4.92. The van der Waals surface area contributed by atoms with Crippen LogP contribution in [0.1, 0.15) is 26.3 Å². The van der Waals surface area contributed by atoms with Gasteiger partial charge < -0.3 is 4.74 Å². The highest BCUT2D eigenvalue weighted by molar-refractivity contribution is 5.48. The first-order valence-electron chi connectivity index (χ1n) is 4.30. The summed E-state index contributed by atoms with van der Waals surface area (Å²) in [6.07, 6.45) is 0.937. The Hall–Kier alpha value is -1.31. The van der Waals surface area contributed by atoms with Gasteiger partial charge in [0.25, 0.3) is 0 Å². The van der Waals surface area contributed by atoms with Crippen LogP contribution in [-0.2, 0) is 5.41 Å². The van der Waals surface area contributed by atoms with Gasteiger partial charge in [0, 0.05) is 0 Å². The third-order valence-corrected chi connectivity index (χ3v) is 1.92. The van der Waals surface area contributed by atoms with Gasteiger partial charge in [-0.15, -0.1) is 0 Å². The van der Waals surface area contributed by atoms with Crippen LogP contribution in [-0.4, -0.2) is 6.40 Å². The molecule has 0 heterocycles. The summed E-state index contributed by atoms with van der Waals surface area (Å²) in [6, 6.07) is 7.81. The highest BCUT2D eigenvalue weighted by Crippen LogP contribution is 2.23. The van der Waals surface area contributed by atoms with Crippen LogP contribution in [0.25, 0.3) is 0 Å². The van der Waals surface area contributed by atoms with Crippen molar-refractivity contribution in [3.63, 3.8) is 0 Å². The second kappa shape index (κ2) is 3.60. The van der Waals surface area contributed by atoms with Crippen LogP contribution >= 0.6 is 0 Å². The first-order chi connectivity index (χ1) is 6.04. The number of benzene rings is 1. The topological polar surface area (TPSA) is 33.1 Å². The molecule has 2 heteroatoms. The zero-order valence-electron chi connectivity index (χ0n) is 8.29. The van der Waals surface area contributed by atoms with E-state index in [0.717, 1.165) is 6.40 Å². The second-order valence-corrected chi connectivity index (χ2v) is 4.01. The summed E-state index contributed by atoms with van der Waals surface area (Å²) in [5.41, 5.74) is 1.44. The van der Waals surface area contributed by atoms with Crippen molar-refractivity contribution in [2.75, 3.05) is 0 Å². The molecule has 0 radical (unpaired) electrons. The summed E-state index contributed by atoms with van der Waals surface area (Å²) in [6.45, 7) is 6.50. The lowest BCUT2D eigenvalue weighted by molar-refractivity contribution is 0.563. The zero-order chi connectivity index (χ0) is 9.90. The lowest BCUT2D eigenvalue weighted by Crippen LogP contribution is -2.10. The van der Waals surface area contributed by atoms with E-state index >= 15 is 0 Å². The molecule has 1 N–H and O–H groups in total. The van der Waals surface area contributed by atoms with Crippen LogP contribution in [0.3, 0.4) is 0 Å². The van der Waals surface area contributed by atoms with Gasteiger partial charge in [-0.25, -0.2) is 0 Å². The van der Waals surface area contributed by atoms with Gasteiger partial charge in [-0.2, -0.15) is 0 Å². The number of nitrogens with one attached hydrogen (secondary N) is 1. The Kier molecular flexibility index (Phi) is 2.71. The van der Waals surface area contributed by atoms with Crippen molar-refractivity contribution in [2.45, 2.75) is 26.2 Å². The van der Waals surface area contributed by atoms with Gasteiger partial charge in [-0.3, -0.25) is 5.41 Å². The molecule has 0 aromatic heterocycles. The monoisotopic (exact) mass is 177 g/mol. The fourth-order valence-electron chi connectivity index (χ4n) is 1.10. The molecule has 13 heavy (non-hydrogen) atoms. The third-order valence-electron chi connectivity index (χ3n) is 1.92. The first-order valence-corrected chi connectivity index (χ1v) is 4.30. The van der Waals surface area contributed by atoms with Gasteiger partial charge in [0.05, 0.1) is 0 Å². The molecule has 0 aliphatic carbocycles. The molecule has 1 aromatic carbocycles. The highest BCUT2D eigenvalue weighted by Gasteiger charge is 2.12. The predicted molar refractivity (Wildman–Crippen MR) is 54.6 cm³/mol. The van der Waals surface area contributed by atoms with Crippen LogP contribution in [0, 0.1) is 5.41 Å². The normalized spacial score (nSPS) is 11.0. The summed E-state index contributed by atoms with van der Waals surface area (Å²) in [5.74, 6) is 0.711. The van der Waals surface area contributed by atoms with Gasteiger partial charge in [-0.1, -0.05) is 32.9 Å². The molecule has 0 aliphatic rings. The Morgan fingerprint density at radius 2 is 1.69 bits per heavy atom. The molecule has 0 saturated heterocycles. The van der Waals surface area contributed by atoms with E-state index < -0.39 is 0 Å². The minimum absolute atomic E-state index is 0.170. The molecular weight excluding hydrogens is 162 g/mol. The Balaban J connectivity index is 2.87. The Morgan fingerprint density at radius 3 is 2.08 bits per heavy atom. The van der Waals surface area contributed by atoms with Gasteiger partial charge in [0.1, 0.15) is 5.75 Å². The third kappa shape index (κ3) is 2.58. The van der Waals surface area contributed by atoms with E-state index in [1.807, 2.05) is 24.3 Å². The fraction of sp³-hybridized carbons (Fsp3) is 0.364. The van der Waals surface area contributed by atoms with Crippen LogP contribution in [0.2, 0.25) is 0 Å². The summed E-state index contributed by atoms with van der Waals surface area (Å²) >= 11 is 0. The summed E-state index contributed by atoms with van der Waals surface area (Å²) in [4.78, 5) is 0. The van der Waals surface area contributed by atoms with Crippen LogP contribution in [0.4, 0.5) is 0 Å². The fourth-order valence-corrected chi connectivity index (χ4v) is 1.10. The van der Waals surface area contributed by atoms with Gasteiger partial charge in [0.2, 0.25) is 0 Å². The molecular formula is C11H15NO. The number of rotatable bonds is 2. The molecule has 0 atom stereocenters. The average Bonchev–Trinajstić information content (AvgIpc) is 2.04. The maximum absolute atomic E-state index is 6.77.